The van der Waals surface area contributed by atoms with Crippen molar-refractivity contribution < 1.29 is 20.1 Å². The van der Waals surface area contributed by atoms with Crippen molar-refractivity contribution in [1.82, 2.24) is 5.32 Å². The minimum absolute atomic E-state index is 0.00371. The van der Waals surface area contributed by atoms with Crippen molar-refractivity contribution in [2.75, 3.05) is 6.61 Å². The molecule has 0 aromatic rings. The molecule has 5 heteroatoms. The van der Waals surface area contributed by atoms with E-state index in [4.69, 9.17) is 0 Å². The number of unbranched alkanes of at least 4 members (excludes halogenated alkanes) is 28. The first-order chi connectivity index (χ1) is 24.0. The van der Waals surface area contributed by atoms with Crippen molar-refractivity contribution in [3.63, 3.8) is 0 Å². The van der Waals surface area contributed by atoms with E-state index in [2.05, 4.69) is 31.3 Å². The number of aliphatic hydroxyl groups excluding tert-OH is 3. The van der Waals surface area contributed by atoms with E-state index in [1.165, 1.54) is 161 Å². The molecule has 0 aliphatic heterocycles. The Bertz CT molecular complexity index is 724. The summed E-state index contributed by atoms with van der Waals surface area (Å²) in [6, 6.07) is -0.746. The number of carbonyl (C=O) groups is 1. The zero-order valence-electron chi connectivity index (χ0n) is 32.8. The second kappa shape index (κ2) is 39.6. The number of nitrogens with one attached hydrogen (secondary N) is 1. The van der Waals surface area contributed by atoms with Crippen LogP contribution in [0.4, 0.5) is 0 Å². The summed E-state index contributed by atoms with van der Waals surface area (Å²) in [6.07, 6.45) is 47.6. The Morgan fingerprint density at radius 2 is 0.857 bits per heavy atom. The second-order valence-electron chi connectivity index (χ2n) is 15.0. The van der Waals surface area contributed by atoms with Crippen LogP contribution in [0.2, 0.25) is 0 Å². The fourth-order valence-electron chi connectivity index (χ4n) is 6.63. The molecule has 0 saturated carbocycles. The average molecular weight is 692 g/mol. The SMILES string of the molecule is CCCCC/C=C\CCCCCC(O)CC(=O)NC(CO)C(O)/C=C/CCCCCCCCCCCCCCCCCCCCCCCC. The third-order valence-corrected chi connectivity index (χ3v) is 9.98. The Labute approximate surface area is 305 Å². The fourth-order valence-corrected chi connectivity index (χ4v) is 6.63. The van der Waals surface area contributed by atoms with Gasteiger partial charge in [0.2, 0.25) is 5.91 Å². The summed E-state index contributed by atoms with van der Waals surface area (Å²) in [5.41, 5.74) is 0. The van der Waals surface area contributed by atoms with Gasteiger partial charge in [0.25, 0.3) is 0 Å². The van der Waals surface area contributed by atoms with E-state index in [1.54, 1.807) is 6.08 Å². The van der Waals surface area contributed by atoms with E-state index in [-0.39, 0.29) is 18.9 Å². The molecule has 3 atom stereocenters. The van der Waals surface area contributed by atoms with Crippen LogP contribution in [0.25, 0.3) is 0 Å². The third kappa shape index (κ3) is 36.4. The smallest absolute Gasteiger partial charge is 0.222 e. The van der Waals surface area contributed by atoms with Crippen LogP contribution in [0.15, 0.2) is 24.3 Å². The van der Waals surface area contributed by atoms with Crippen LogP contribution < -0.4 is 5.32 Å². The van der Waals surface area contributed by atoms with E-state index in [9.17, 15) is 20.1 Å². The van der Waals surface area contributed by atoms with E-state index in [1.807, 2.05) is 6.08 Å². The van der Waals surface area contributed by atoms with Gasteiger partial charge in [-0.2, -0.15) is 0 Å². The van der Waals surface area contributed by atoms with Crippen LogP contribution >= 0.6 is 0 Å². The molecule has 0 heterocycles. The van der Waals surface area contributed by atoms with Gasteiger partial charge in [0.05, 0.1) is 31.3 Å². The van der Waals surface area contributed by atoms with Crippen molar-refractivity contribution in [3.05, 3.63) is 24.3 Å². The molecule has 0 radical (unpaired) electrons. The molecule has 0 aromatic carbocycles. The molecule has 0 aromatic heterocycles. The van der Waals surface area contributed by atoms with E-state index < -0.39 is 18.2 Å². The quantitative estimate of drug-likeness (QED) is 0.0381. The Kier molecular flexibility index (Phi) is 38.7. The predicted molar refractivity (Wildman–Crippen MR) is 213 cm³/mol. The summed E-state index contributed by atoms with van der Waals surface area (Å²) in [6.45, 7) is 4.18. The van der Waals surface area contributed by atoms with Crippen molar-refractivity contribution in [2.45, 2.75) is 244 Å². The van der Waals surface area contributed by atoms with Crippen LogP contribution in [-0.4, -0.2) is 46.1 Å². The Morgan fingerprint density at radius 1 is 0.510 bits per heavy atom. The van der Waals surface area contributed by atoms with Gasteiger partial charge in [-0.25, -0.2) is 0 Å². The van der Waals surface area contributed by atoms with Crippen LogP contribution in [0.5, 0.6) is 0 Å². The number of allylic oxidation sites excluding steroid dienone is 3. The van der Waals surface area contributed by atoms with Gasteiger partial charge in [-0.15, -0.1) is 0 Å². The summed E-state index contributed by atoms with van der Waals surface area (Å²) in [4.78, 5) is 12.4. The monoisotopic (exact) mass is 692 g/mol. The normalized spacial score (nSPS) is 13.8. The lowest BCUT2D eigenvalue weighted by molar-refractivity contribution is -0.124. The Hall–Kier alpha value is -1.17. The first-order valence-electron chi connectivity index (χ1n) is 21.6. The molecule has 49 heavy (non-hydrogen) atoms. The number of hydrogen-bond acceptors (Lipinski definition) is 4. The summed E-state index contributed by atoms with van der Waals surface area (Å²) >= 11 is 0. The maximum atomic E-state index is 12.4. The minimum Gasteiger partial charge on any atom is -0.394 e. The highest BCUT2D eigenvalue weighted by atomic mass is 16.3. The minimum atomic E-state index is -0.930. The van der Waals surface area contributed by atoms with Gasteiger partial charge in [-0.05, 0) is 44.9 Å². The highest BCUT2D eigenvalue weighted by molar-refractivity contribution is 5.76. The summed E-state index contributed by atoms with van der Waals surface area (Å²) in [5, 5.41) is 33.1. The van der Waals surface area contributed by atoms with Crippen LogP contribution in [0.3, 0.4) is 0 Å². The molecule has 0 aliphatic carbocycles. The lowest BCUT2D eigenvalue weighted by Crippen LogP contribution is -2.45. The van der Waals surface area contributed by atoms with Crippen LogP contribution in [-0.2, 0) is 4.79 Å². The van der Waals surface area contributed by atoms with E-state index in [0.29, 0.717) is 6.42 Å². The topological polar surface area (TPSA) is 89.8 Å². The zero-order valence-corrected chi connectivity index (χ0v) is 32.8. The van der Waals surface area contributed by atoms with E-state index >= 15 is 0 Å². The fraction of sp³-hybridized carbons (Fsp3) is 0.886. The Balaban J connectivity index is 3.61. The predicted octanol–water partition coefficient (Wildman–Crippen LogP) is 12.2. The lowest BCUT2D eigenvalue weighted by Gasteiger charge is -2.21. The van der Waals surface area contributed by atoms with Gasteiger partial charge >= 0.3 is 0 Å². The highest BCUT2D eigenvalue weighted by Gasteiger charge is 2.20. The van der Waals surface area contributed by atoms with Crippen molar-refractivity contribution >= 4 is 5.91 Å². The lowest BCUT2D eigenvalue weighted by atomic mass is 10.0. The molecular formula is C44H85NO4. The van der Waals surface area contributed by atoms with Gasteiger partial charge in [-0.1, -0.05) is 199 Å². The molecule has 1 amide bonds. The van der Waals surface area contributed by atoms with Crippen molar-refractivity contribution in [2.24, 2.45) is 0 Å². The van der Waals surface area contributed by atoms with Crippen molar-refractivity contribution in [3.8, 4) is 0 Å². The molecule has 4 N–H and O–H groups in total. The zero-order chi connectivity index (χ0) is 35.9. The summed E-state index contributed by atoms with van der Waals surface area (Å²) in [5.74, 6) is -0.325. The van der Waals surface area contributed by atoms with Gasteiger partial charge in [-0.3, -0.25) is 4.79 Å². The van der Waals surface area contributed by atoms with Gasteiger partial charge in [0.1, 0.15) is 0 Å². The molecule has 0 saturated heterocycles. The molecule has 0 fully saturated rings. The Morgan fingerprint density at radius 3 is 1.29 bits per heavy atom. The van der Waals surface area contributed by atoms with Gasteiger partial charge in [0, 0.05) is 0 Å². The number of aliphatic hydroxyl groups is 3. The largest absolute Gasteiger partial charge is 0.394 e. The second-order valence-corrected chi connectivity index (χ2v) is 15.0. The van der Waals surface area contributed by atoms with Crippen LogP contribution in [0.1, 0.15) is 226 Å². The number of hydrogen-bond donors (Lipinski definition) is 4. The first-order valence-corrected chi connectivity index (χ1v) is 21.6. The molecule has 0 aliphatic rings. The van der Waals surface area contributed by atoms with Crippen molar-refractivity contribution in [1.29, 1.82) is 0 Å². The summed E-state index contributed by atoms with van der Waals surface area (Å²) in [7, 11) is 0. The average Bonchev–Trinajstić information content (AvgIpc) is 3.09. The maximum Gasteiger partial charge on any atom is 0.222 e. The van der Waals surface area contributed by atoms with Gasteiger partial charge in [0.15, 0.2) is 0 Å². The molecule has 3 unspecified atom stereocenters. The molecular weight excluding hydrogens is 606 g/mol. The van der Waals surface area contributed by atoms with Gasteiger partial charge < -0.3 is 20.6 Å². The summed E-state index contributed by atoms with van der Waals surface area (Å²) < 4.78 is 0. The molecule has 5 nitrogen and oxygen atoms in total. The van der Waals surface area contributed by atoms with E-state index in [0.717, 1.165) is 38.5 Å². The highest BCUT2D eigenvalue weighted by Crippen LogP contribution is 2.16. The number of carbonyl (C=O) groups excluding carboxylic acids is 1. The number of amides is 1. The molecule has 0 rings (SSSR count). The number of rotatable bonds is 39. The molecule has 0 spiro atoms. The third-order valence-electron chi connectivity index (χ3n) is 9.98. The molecule has 290 valence electrons. The maximum absolute atomic E-state index is 12.4. The first kappa shape index (κ1) is 47.8. The molecule has 0 bridgehead atoms. The standard InChI is InChI=1S/C44H85NO4/c1-3-5-7-9-11-13-15-16-17-18-19-20-21-22-23-24-25-26-27-28-30-32-34-36-38-43(48)42(40-46)45-44(49)39-41(47)37-35-33-31-29-14-12-10-8-6-4-2/h12,14,36,38,41-43,46-48H,3-11,13,15-35,37,39-40H2,1-2H3,(H,45,49)/b14-12-,38-36+. The van der Waals surface area contributed by atoms with Crippen LogP contribution in [0, 0.1) is 0 Å².